The Morgan fingerprint density at radius 2 is 2.19 bits per heavy atom. The molecule has 0 atom stereocenters. The molecule has 0 unspecified atom stereocenters. The first kappa shape index (κ1) is 14.4. The third-order valence-electron chi connectivity index (χ3n) is 3.35. The van der Waals surface area contributed by atoms with Gasteiger partial charge in [-0.1, -0.05) is 17.7 Å². The number of hydrogen-bond acceptors (Lipinski definition) is 3. The monoisotopic (exact) mass is 364 g/mol. The number of rotatable bonds is 3. The average Bonchev–Trinajstić information content (AvgIpc) is 2.75. The highest BCUT2D eigenvalue weighted by atomic mass is 79.9. The van der Waals surface area contributed by atoms with E-state index >= 15 is 0 Å². The van der Waals surface area contributed by atoms with Crippen molar-refractivity contribution in [3.8, 4) is 0 Å². The summed E-state index contributed by atoms with van der Waals surface area (Å²) in [6.07, 6.45) is 1.87. The Labute approximate surface area is 136 Å². The van der Waals surface area contributed by atoms with Crippen molar-refractivity contribution < 1.29 is 0 Å². The molecular formula is C15H14BrClN4. The van der Waals surface area contributed by atoms with E-state index in [4.69, 9.17) is 11.6 Å². The standard InChI is InChI=1S/C15H14BrClN4/c1-9-11-6-10(8-19-15(11)21(2)20-9)7-18-13-5-3-4-12(17)14(13)16/h3-6,8,18H,7H2,1-2H3. The highest BCUT2D eigenvalue weighted by Crippen LogP contribution is 2.30. The molecule has 0 fully saturated rings. The first-order chi connectivity index (χ1) is 10.1. The van der Waals surface area contributed by atoms with Crippen LogP contribution in [0.4, 0.5) is 5.69 Å². The highest BCUT2D eigenvalue weighted by molar-refractivity contribution is 9.10. The molecular weight excluding hydrogens is 352 g/mol. The van der Waals surface area contributed by atoms with Gasteiger partial charge in [-0.05, 0) is 46.6 Å². The quantitative estimate of drug-likeness (QED) is 0.752. The molecule has 3 rings (SSSR count). The minimum atomic E-state index is 0.677. The van der Waals surface area contributed by atoms with E-state index in [1.54, 1.807) is 4.68 Å². The van der Waals surface area contributed by atoms with Gasteiger partial charge in [-0.25, -0.2) is 4.98 Å². The maximum atomic E-state index is 6.09. The highest BCUT2D eigenvalue weighted by Gasteiger charge is 2.08. The summed E-state index contributed by atoms with van der Waals surface area (Å²) in [6.45, 7) is 2.67. The number of nitrogens with zero attached hydrogens (tertiary/aromatic N) is 3. The van der Waals surface area contributed by atoms with E-state index in [2.05, 4.69) is 37.4 Å². The molecule has 1 aromatic carbocycles. The van der Waals surface area contributed by atoms with Crippen molar-refractivity contribution in [2.24, 2.45) is 7.05 Å². The zero-order chi connectivity index (χ0) is 15.0. The van der Waals surface area contributed by atoms with E-state index < -0.39 is 0 Å². The predicted octanol–water partition coefficient (Wildman–Crippen LogP) is 4.30. The molecule has 0 aliphatic carbocycles. The Hall–Kier alpha value is -1.59. The third-order valence-corrected chi connectivity index (χ3v) is 4.75. The van der Waals surface area contributed by atoms with Gasteiger partial charge in [0.05, 0.1) is 20.9 Å². The maximum Gasteiger partial charge on any atom is 0.157 e. The van der Waals surface area contributed by atoms with E-state index in [-0.39, 0.29) is 0 Å². The van der Waals surface area contributed by atoms with Gasteiger partial charge in [-0.3, -0.25) is 4.68 Å². The molecule has 0 saturated heterocycles. The summed E-state index contributed by atoms with van der Waals surface area (Å²) in [7, 11) is 1.91. The lowest BCUT2D eigenvalue weighted by Crippen LogP contribution is -2.01. The van der Waals surface area contributed by atoms with Crippen LogP contribution in [-0.4, -0.2) is 14.8 Å². The predicted molar refractivity (Wildman–Crippen MR) is 89.7 cm³/mol. The number of nitrogens with one attached hydrogen (secondary N) is 1. The van der Waals surface area contributed by atoms with E-state index in [0.717, 1.165) is 32.5 Å². The molecule has 2 aromatic heterocycles. The van der Waals surface area contributed by atoms with Crippen LogP contribution in [0.3, 0.4) is 0 Å². The van der Waals surface area contributed by atoms with Crippen molar-refractivity contribution in [3.05, 3.63) is 51.2 Å². The van der Waals surface area contributed by atoms with Gasteiger partial charge in [0.25, 0.3) is 0 Å². The van der Waals surface area contributed by atoms with Crippen LogP contribution in [-0.2, 0) is 13.6 Å². The molecule has 0 spiro atoms. The van der Waals surface area contributed by atoms with Crippen LogP contribution in [0.2, 0.25) is 5.02 Å². The van der Waals surface area contributed by atoms with Gasteiger partial charge in [0.15, 0.2) is 5.65 Å². The van der Waals surface area contributed by atoms with Crippen LogP contribution in [0.1, 0.15) is 11.3 Å². The Balaban J connectivity index is 1.85. The van der Waals surface area contributed by atoms with E-state index in [0.29, 0.717) is 11.6 Å². The number of aromatic nitrogens is 3. The van der Waals surface area contributed by atoms with Crippen LogP contribution >= 0.6 is 27.5 Å². The lowest BCUT2D eigenvalue weighted by molar-refractivity contribution is 0.773. The zero-order valence-electron chi connectivity index (χ0n) is 11.7. The minimum Gasteiger partial charge on any atom is -0.380 e. The summed E-state index contributed by atoms with van der Waals surface area (Å²) in [4.78, 5) is 4.48. The molecule has 0 radical (unpaired) electrons. The molecule has 6 heteroatoms. The Morgan fingerprint density at radius 1 is 1.38 bits per heavy atom. The van der Waals surface area contributed by atoms with Crippen molar-refractivity contribution in [1.82, 2.24) is 14.8 Å². The lowest BCUT2D eigenvalue weighted by Gasteiger charge is -2.09. The summed E-state index contributed by atoms with van der Waals surface area (Å²) in [5.74, 6) is 0. The van der Waals surface area contributed by atoms with Crippen LogP contribution in [0.15, 0.2) is 34.9 Å². The second kappa shape index (κ2) is 5.66. The first-order valence-corrected chi connectivity index (χ1v) is 7.69. The second-order valence-corrected chi connectivity index (χ2v) is 6.08. The average molecular weight is 366 g/mol. The van der Waals surface area contributed by atoms with Crippen LogP contribution < -0.4 is 5.32 Å². The fourth-order valence-corrected chi connectivity index (χ4v) is 2.86. The summed E-state index contributed by atoms with van der Waals surface area (Å²) in [5.41, 5.74) is 3.96. The summed E-state index contributed by atoms with van der Waals surface area (Å²) in [6, 6.07) is 7.87. The maximum absolute atomic E-state index is 6.09. The number of fused-ring (bicyclic) bond motifs is 1. The largest absolute Gasteiger partial charge is 0.380 e. The molecule has 3 aromatic rings. The Kier molecular flexibility index (Phi) is 3.87. The number of halogens is 2. The topological polar surface area (TPSA) is 42.7 Å². The number of pyridine rings is 1. The zero-order valence-corrected chi connectivity index (χ0v) is 14.0. The van der Waals surface area contributed by atoms with Crippen molar-refractivity contribution in [2.75, 3.05) is 5.32 Å². The number of anilines is 1. The van der Waals surface area contributed by atoms with Gasteiger partial charge in [0, 0.05) is 25.2 Å². The van der Waals surface area contributed by atoms with Gasteiger partial charge in [0.2, 0.25) is 0 Å². The summed E-state index contributed by atoms with van der Waals surface area (Å²) < 4.78 is 2.67. The van der Waals surface area contributed by atoms with Crippen molar-refractivity contribution in [2.45, 2.75) is 13.5 Å². The minimum absolute atomic E-state index is 0.677. The summed E-state index contributed by atoms with van der Waals surface area (Å²) >= 11 is 9.57. The lowest BCUT2D eigenvalue weighted by atomic mass is 10.2. The van der Waals surface area contributed by atoms with Crippen LogP contribution in [0.5, 0.6) is 0 Å². The van der Waals surface area contributed by atoms with Crippen LogP contribution in [0.25, 0.3) is 11.0 Å². The Morgan fingerprint density at radius 3 is 3.00 bits per heavy atom. The molecule has 2 heterocycles. The summed E-state index contributed by atoms with van der Waals surface area (Å²) in [5, 5.41) is 9.52. The van der Waals surface area contributed by atoms with E-state index in [1.807, 2.05) is 38.4 Å². The molecule has 21 heavy (non-hydrogen) atoms. The molecule has 108 valence electrons. The van der Waals surface area contributed by atoms with E-state index in [9.17, 15) is 0 Å². The molecule has 4 nitrogen and oxygen atoms in total. The van der Waals surface area contributed by atoms with Crippen molar-refractivity contribution in [1.29, 1.82) is 0 Å². The molecule has 0 aliphatic rings. The van der Waals surface area contributed by atoms with Gasteiger partial charge in [0.1, 0.15) is 0 Å². The molecule has 0 bridgehead atoms. The molecule has 0 saturated carbocycles. The normalized spacial score (nSPS) is 11.0. The van der Waals surface area contributed by atoms with Gasteiger partial charge in [-0.2, -0.15) is 5.10 Å². The first-order valence-electron chi connectivity index (χ1n) is 6.52. The van der Waals surface area contributed by atoms with Gasteiger partial charge in [-0.15, -0.1) is 0 Å². The fraction of sp³-hybridized carbons (Fsp3) is 0.200. The number of benzene rings is 1. The molecule has 0 amide bonds. The van der Waals surface area contributed by atoms with Crippen LogP contribution in [0, 0.1) is 6.92 Å². The SMILES string of the molecule is Cc1nn(C)c2ncc(CNc3cccc(Cl)c3Br)cc12. The number of aryl methyl sites for hydroxylation is 2. The molecule has 1 N–H and O–H groups in total. The van der Waals surface area contributed by atoms with Crippen molar-refractivity contribution in [3.63, 3.8) is 0 Å². The van der Waals surface area contributed by atoms with Gasteiger partial charge >= 0.3 is 0 Å². The second-order valence-electron chi connectivity index (χ2n) is 4.88. The third kappa shape index (κ3) is 2.76. The fourth-order valence-electron chi connectivity index (χ4n) is 2.29. The smallest absolute Gasteiger partial charge is 0.157 e. The Bertz CT molecular complexity index is 813. The van der Waals surface area contributed by atoms with Crippen molar-refractivity contribution >= 4 is 44.3 Å². The van der Waals surface area contributed by atoms with Gasteiger partial charge < -0.3 is 5.32 Å². The number of hydrogen-bond donors (Lipinski definition) is 1. The molecule has 0 aliphatic heterocycles. The van der Waals surface area contributed by atoms with E-state index in [1.165, 1.54) is 0 Å².